The molecule has 106 valence electrons. The molecule has 0 radical (unpaired) electrons. The van der Waals surface area contributed by atoms with Gasteiger partial charge in [0.05, 0.1) is 24.2 Å². The van der Waals surface area contributed by atoms with E-state index in [1.165, 1.54) is 11.3 Å². The minimum Gasteiger partial charge on any atom is -0.481 e. The van der Waals surface area contributed by atoms with Crippen molar-refractivity contribution in [2.24, 2.45) is 0 Å². The molecule has 2 N–H and O–H groups in total. The predicted octanol–water partition coefficient (Wildman–Crippen LogP) is 2.25. The number of pyridine rings is 1. The summed E-state index contributed by atoms with van der Waals surface area (Å²) in [5.41, 5.74) is 0.763. The number of nitrogens with one attached hydrogen (secondary N) is 1. The average molecular weight is 312 g/mol. The Hall–Kier alpha value is -1.87. The van der Waals surface area contributed by atoms with Gasteiger partial charge in [-0.3, -0.25) is 4.79 Å². The maximum atomic E-state index is 10.5. The zero-order valence-electron chi connectivity index (χ0n) is 10.6. The highest BCUT2D eigenvalue weighted by Crippen LogP contribution is 2.27. The number of hydrogen-bond acceptors (Lipinski definition) is 8. The molecule has 2 aromatic rings. The molecular formula is C11H12N4O3S2. The number of aliphatic carboxylic acids is 1. The number of carboxylic acid groups (broad SMARTS) is 1. The maximum absolute atomic E-state index is 10.5. The van der Waals surface area contributed by atoms with Crippen molar-refractivity contribution in [3.05, 3.63) is 18.3 Å². The molecule has 0 aromatic carbocycles. The summed E-state index contributed by atoms with van der Waals surface area (Å²) in [6.45, 7) is 2.46. The molecule has 2 aromatic heterocycles. The van der Waals surface area contributed by atoms with Gasteiger partial charge in [-0.1, -0.05) is 23.1 Å². The molecular weight excluding hydrogens is 300 g/mol. The Balaban J connectivity index is 1.94. The Morgan fingerprint density at radius 2 is 2.35 bits per heavy atom. The normalized spacial score (nSPS) is 10.2. The van der Waals surface area contributed by atoms with Crippen molar-refractivity contribution in [3.63, 3.8) is 0 Å². The smallest absolute Gasteiger partial charge is 0.313 e. The first-order valence-corrected chi connectivity index (χ1v) is 7.51. The number of carboxylic acids is 1. The second-order valence-electron chi connectivity index (χ2n) is 3.50. The largest absolute Gasteiger partial charge is 0.481 e. The van der Waals surface area contributed by atoms with Crippen molar-refractivity contribution in [2.45, 2.75) is 11.3 Å². The molecule has 0 aliphatic heterocycles. The number of hydrogen-bond donors (Lipinski definition) is 2. The van der Waals surface area contributed by atoms with Gasteiger partial charge in [-0.05, 0) is 13.0 Å². The number of rotatable bonds is 7. The number of thioether (sulfide) groups is 1. The van der Waals surface area contributed by atoms with Gasteiger partial charge in [-0.15, -0.1) is 10.2 Å². The minimum atomic E-state index is -0.879. The van der Waals surface area contributed by atoms with Gasteiger partial charge < -0.3 is 15.2 Å². The van der Waals surface area contributed by atoms with Crippen LogP contribution in [0.25, 0.3) is 0 Å². The summed E-state index contributed by atoms with van der Waals surface area (Å²) in [4.78, 5) is 14.6. The van der Waals surface area contributed by atoms with E-state index in [1.54, 1.807) is 12.3 Å². The minimum absolute atomic E-state index is 0.0285. The molecule has 0 atom stereocenters. The van der Waals surface area contributed by atoms with Gasteiger partial charge in [0, 0.05) is 6.07 Å². The van der Waals surface area contributed by atoms with Crippen LogP contribution in [-0.4, -0.2) is 38.6 Å². The first kappa shape index (κ1) is 14.5. The quantitative estimate of drug-likeness (QED) is 0.751. The van der Waals surface area contributed by atoms with E-state index in [1.807, 2.05) is 13.0 Å². The van der Waals surface area contributed by atoms with E-state index in [2.05, 4.69) is 20.5 Å². The molecule has 0 saturated heterocycles. The van der Waals surface area contributed by atoms with Gasteiger partial charge in [0.15, 0.2) is 4.34 Å². The maximum Gasteiger partial charge on any atom is 0.313 e. The Labute approximate surface area is 123 Å². The Bertz CT molecular complexity index is 573. The number of ether oxygens (including phenoxy) is 1. The summed E-state index contributed by atoms with van der Waals surface area (Å²) in [5.74, 6) is -0.345. The number of anilines is 2. The van der Waals surface area contributed by atoms with Gasteiger partial charge in [0.1, 0.15) is 0 Å². The van der Waals surface area contributed by atoms with Crippen LogP contribution in [0.1, 0.15) is 6.92 Å². The van der Waals surface area contributed by atoms with Gasteiger partial charge in [0.2, 0.25) is 11.0 Å². The lowest BCUT2D eigenvalue weighted by molar-refractivity contribution is -0.133. The zero-order valence-corrected chi connectivity index (χ0v) is 12.2. The van der Waals surface area contributed by atoms with Gasteiger partial charge >= 0.3 is 5.97 Å². The molecule has 9 heteroatoms. The topological polar surface area (TPSA) is 97.2 Å². The van der Waals surface area contributed by atoms with Crippen molar-refractivity contribution < 1.29 is 14.6 Å². The van der Waals surface area contributed by atoms with Crippen LogP contribution in [0.3, 0.4) is 0 Å². The molecule has 0 fully saturated rings. The van der Waals surface area contributed by atoms with Crippen LogP contribution in [0, 0.1) is 0 Å². The van der Waals surface area contributed by atoms with Crippen molar-refractivity contribution in [3.8, 4) is 5.88 Å². The van der Waals surface area contributed by atoms with Crippen LogP contribution in [0.5, 0.6) is 5.88 Å². The van der Waals surface area contributed by atoms with Crippen molar-refractivity contribution in [2.75, 3.05) is 17.7 Å². The summed E-state index contributed by atoms with van der Waals surface area (Å²) in [6.07, 6.45) is 1.64. The highest BCUT2D eigenvalue weighted by atomic mass is 32.2. The molecule has 0 spiro atoms. The summed E-state index contributed by atoms with van der Waals surface area (Å²) >= 11 is 2.43. The van der Waals surface area contributed by atoms with Crippen LogP contribution in [0.2, 0.25) is 0 Å². The molecule has 0 unspecified atom stereocenters. The number of aromatic nitrogens is 3. The molecule has 0 aliphatic rings. The molecule has 20 heavy (non-hydrogen) atoms. The Morgan fingerprint density at radius 1 is 1.50 bits per heavy atom. The Kier molecular flexibility index (Phi) is 5.13. The number of carbonyl (C=O) groups is 1. The molecule has 0 saturated carbocycles. The van der Waals surface area contributed by atoms with Gasteiger partial charge in [-0.2, -0.15) is 0 Å². The lowest BCUT2D eigenvalue weighted by atomic mass is 10.4. The van der Waals surface area contributed by atoms with Crippen LogP contribution < -0.4 is 10.1 Å². The monoisotopic (exact) mass is 312 g/mol. The summed E-state index contributed by atoms with van der Waals surface area (Å²) in [6, 6.07) is 3.58. The van der Waals surface area contributed by atoms with Crippen LogP contribution in [0.4, 0.5) is 10.8 Å². The van der Waals surface area contributed by atoms with E-state index in [4.69, 9.17) is 9.84 Å². The zero-order chi connectivity index (χ0) is 14.4. The number of nitrogens with zero attached hydrogens (tertiary/aromatic N) is 3. The fourth-order valence-electron chi connectivity index (χ4n) is 1.25. The molecule has 2 rings (SSSR count). The average Bonchev–Trinajstić information content (AvgIpc) is 2.87. The van der Waals surface area contributed by atoms with Crippen LogP contribution in [-0.2, 0) is 4.79 Å². The van der Waals surface area contributed by atoms with E-state index in [0.29, 0.717) is 22.0 Å². The fourth-order valence-corrected chi connectivity index (χ4v) is 2.75. The van der Waals surface area contributed by atoms with Crippen molar-refractivity contribution >= 4 is 39.9 Å². The van der Waals surface area contributed by atoms with Crippen LogP contribution in [0.15, 0.2) is 22.7 Å². The molecule has 7 nitrogen and oxygen atoms in total. The summed E-state index contributed by atoms with van der Waals surface area (Å²) in [5, 5.41) is 20.0. The lowest BCUT2D eigenvalue weighted by Gasteiger charge is -2.03. The van der Waals surface area contributed by atoms with Crippen LogP contribution >= 0.6 is 23.1 Å². The first-order chi connectivity index (χ1) is 9.67. The van der Waals surface area contributed by atoms with E-state index in [0.717, 1.165) is 17.4 Å². The van der Waals surface area contributed by atoms with E-state index >= 15 is 0 Å². The standard InChI is InChI=1S/C11H12N4O3S2/c1-2-18-8-4-3-7(5-12-8)13-10-14-15-11(20-10)19-6-9(16)17/h3-5H,2,6H2,1H3,(H,13,14)(H,16,17). The predicted molar refractivity (Wildman–Crippen MR) is 77.0 cm³/mol. The molecule has 0 amide bonds. The van der Waals surface area contributed by atoms with E-state index in [9.17, 15) is 4.79 Å². The molecule has 0 bridgehead atoms. The molecule has 0 aliphatic carbocycles. The van der Waals surface area contributed by atoms with Gasteiger partial charge in [-0.25, -0.2) is 4.98 Å². The van der Waals surface area contributed by atoms with Gasteiger partial charge in [0.25, 0.3) is 0 Å². The lowest BCUT2D eigenvalue weighted by Crippen LogP contribution is -1.96. The summed E-state index contributed by atoms with van der Waals surface area (Å²) < 4.78 is 5.85. The first-order valence-electron chi connectivity index (χ1n) is 5.71. The SMILES string of the molecule is CCOc1ccc(Nc2nnc(SCC(=O)O)s2)cn1. The third-order valence-corrected chi connectivity index (χ3v) is 3.96. The second kappa shape index (κ2) is 7.06. The third-order valence-electron chi connectivity index (χ3n) is 2.01. The third kappa shape index (κ3) is 4.35. The van der Waals surface area contributed by atoms with E-state index in [-0.39, 0.29) is 5.75 Å². The second-order valence-corrected chi connectivity index (χ2v) is 5.70. The highest BCUT2D eigenvalue weighted by Gasteiger charge is 2.07. The van der Waals surface area contributed by atoms with E-state index < -0.39 is 5.97 Å². The fraction of sp³-hybridized carbons (Fsp3) is 0.273. The summed E-state index contributed by atoms with van der Waals surface area (Å²) in [7, 11) is 0. The molecule has 2 heterocycles. The highest BCUT2D eigenvalue weighted by molar-refractivity contribution is 8.01. The Morgan fingerprint density at radius 3 is 3.00 bits per heavy atom. The van der Waals surface area contributed by atoms with Crippen molar-refractivity contribution in [1.29, 1.82) is 0 Å². The van der Waals surface area contributed by atoms with Crippen molar-refractivity contribution in [1.82, 2.24) is 15.2 Å².